The van der Waals surface area contributed by atoms with Crippen LogP contribution in [0.1, 0.15) is 31.2 Å². The van der Waals surface area contributed by atoms with E-state index in [-0.39, 0.29) is 0 Å². The minimum atomic E-state index is 0.362. The van der Waals surface area contributed by atoms with Gasteiger partial charge in [0.2, 0.25) is 0 Å². The number of hydrogen-bond acceptors (Lipinski definition) is 4. The fraction of sp³-hybridized carbons (Fsp3) is 0.692. The molecule has 2 aliphatic rings. The number of aromatic nitrogens is 2. The van der Waals surface area contributed by atoms with Gasteiger partial charge >= 0.3 is 0 Å². The van der Waals surface area contributed by atoms with E-state index < -0.39 is 0 Å². The average Bonchev–Trinajstić information content (AvgIpc) is 2.41. The standard InChI is InChI=1S/C13H18ClN3O/c1-9-12(14)15-8-16-13(9)17-6-7-18-11-5-3-2-4-10(11)17/h8,10-11H,2-7H2,1H3. The van der Waals surface area contributed by atoms with Gasteiger partial charge in [-0.3, -0.25) is 0 Å². The van der Waals surface area contributed by atoms with Crippen LogP contribution < -0.4 is 4.90 Å². The van der Waals surface area contributed by atoms with Crippen LogP contribution in [-0.2, 0) is 4.74 Å². The summed E-state index contributed by atoms with van der Waals surface area (Å²) in [4.78, 5) is 10.8. The first-order valence-corrected chi connectivity index (χ1v) is 7.00. The molecule has 5 heteroatoms. The molecule has 1 saturated carbocycles. The fourth-order valence-corrected chi connectivity index (χ4v) is 3.20. The second-order valence-corrected chi connectivity index (χ2v) is 5.43. The molecule has 4 nitrogen and oxygen atoms in total. The predicted molar refractivity (Wildman–Crippen MR) is 71.1 cm³/mol. The highest BCUT2D eigenvalue weighted by atomic mass is 35.5. The van der Waals surface area contributed by atoms with Crippen LogP contribution in [0.3, 0.4) is 0 Å². The van der Waals surface area contributed by atoms with Crippen LogP contribution in [0.5, 0.6) is 0 Å². The number of fused-ring (bicyclic) bond motifs is 1. The van der Waals surface area contributed by atoms with E-state index >= 15 is 0 Å². The van der Waals surface area contributed by atoms with Crippen molar-refractivity contribution in [1.29, 1.82) is 0 Å². The molecule has 2 atom stereocenters. The van der Waals surface area contributed by atoms with E-state index in [0.29, 0.717) is 17.3 Å². The third-order valence-corrected chi connectivity index (χ3v) is 4.38. The van der Waals surface area contributed by atoms with E-state index in [4.69, 9.17) is 16.3 Å². The Hall–Kier alpha value is -0.870. The van der Waals surface area contributed by atoms with Crippen LogP contribution >= 0.6 is 11.6 Å². The molecule has 0 N–H and O–H groups in total. The number of anilines is 1. The van der Waals surface area contributed by atoms with Crippen LogP contribution in [0.25, 0.3) is 0 Å². The minimum absolute atomic E-state index is 0.362. The fourth-order valence-electron chi connectivity index (χ4n) is 3.07. The van der Waals surface area contributed by atoms with Gasteiger partial charge in [0, 0.05) is 12.1 Å². The van der Waals surface area contributed by atoms with E-state index in [0.717, 1.165) is 24.5 Å². The summed E-state index contributed by atoms with van der Waals surface area (Å²) in [6, 6.07) is 0.456. The largest absolute Gasteiger partial charge is 0.374 e. The summed E-state index contributed by atoms with van der Waals surface area (Å²) in [7, 11) is 0. The van der Waals surface area contributed by atoms with Crippen molar-refractivity contribution in [2.24, 2.45) is 0 Å². The van der Waals surface area contributed by atoms with Crippen molar-refractivity contribution >= 4 is 17.4 Å². The van der Waals surface area contributed by atoms with Gasteiger partial charge in [0.25, 0.3) is 0 Å². The maximum atomic E-state index is 6.10. The highest BCUT2D eigenvalue weighted by molar-refractivity contribution is 6.30. The lowest BCUT2D eigenvalue weighted by Gasteiger charge is -2.44. The zero-order valence-corrected chi connectivity index (χ0v) is 11.4. The number of rotatable bonds is 1. The van der Waals surface area contributed by atoms with Gasteiger partial charge in [-0.1, -0.05) is 24.4 Å². The van der Waals surface area contributed by atoms with Crippen LogP contribution in [0.2, 0.25) is 5.15 Å². The van der Waals surface area contributed by atoms with Crippen molar-refractivity contribution in [1.82, 2.24) is 9.97 Å². The maximum Gasteiger partial charge on any atom is 0.137 e. The highest BCUT2D eigenvalue weighted by Gasteiger charge is 2.35. The van der Waals surface area contributed by atoms with Crippen molar-refractivity contribution in [2.45, 2.75) is 44.8 Å². The topological polar surface area (TPSA) is 38.2 Å². The maximum absolute atomic E-state index is 6.10. The molecular weight excluding hydrogens is 250 g/mol. The zero-order chi connectivity index (χ0) is 12.5. The number of hydrogen-bond donors (Lipinski definition) is 0. The molecule has 1 aliphatic carbocycles. The Morgan fingerprint density at radius 3 is 3.06 bits per heavy atom. The van der Waals surface area contributed by atoms with Crippen molar-refractivity contribution in [3.05, 3.63) is 17.0 Å². The van der Waals surface area contributed by atoms with Crippen molar-refractivity contribution in [3.8, 4) is 0 Å². The molecule has 0 amide bonds. The lowest BCUT2D eigenvalue weighted by atomic mass is 9.90. The van der Waals surface area contributed by atoms with Crippen LogP contribution in [0.15, 0.2) is 6.33 Å². The molecule has 0 spiro atoms. The van der Waals surface area contributed by atoms with Crippen LogP contribution in [0.4, 0.5) is 5.82 Å². The van der Waals surface area contributed by atoms with Gasteiger partial charge in [0.15, 0.2) is 0 Å². The van der Waals surface area contributed by atoms with Crippen LogP contribution in [-0.4, -0.2) is 35.3 Å². The summed E-state index contributed by atoms with van der Waals surface area (Å²) in [6.07, 6.45) is 6.82. The second-order valence-electron chi connectivity index (χ2n) is 5.07. The molecule has 0 bridgehead atoms. The third kappa shape index (κ3) is 2.08. The van der Waals surface area contributed by atoms with E-state index in [2.05, 4.69) is 14.9 Å². The minimum Gasteiger partial charge on any atom is -0.374 e. The zero-order valence-electron chi connectivity index (χ0n) is 10.6. The number of halogens is 1. The molecule has 0 radical (unpaired) electrons. The number of ether oxygens (including phenoxy) is 1. The van der Waals surface area contributed by atoms with E-state index in [1.165, 1.54) is 25.7 Å². The molecule has 1 saturated heterocycles. The summed E-state index contributed by atoms with van der Waals surface area (Å²) >= 11 is 6.10. The van der Waals surface area contributed by atoms with Crippen molar-refractivity contribution in [3.63, 3.8) is 0 Å². The van der Waals surface area contributed by atoms with Gasteiger partial charge in [0.05, 0.1) is 18.8 Å². The van der Waals surface area contributed by atoms with Gasteiger partial charge in [-0.05, 0) is 19.8 Å². The van der Waals surface area contributed by atoms with Gasteiger partial charge < -0.3 is 9.64 Å². The number of nitrogens with zero attached hydrogens (tertiary/aromatic N) is 3. The van der Waals surface area contributed by atoms with E-state index in [9.17, 15) is 0 Å². The first-order valence-electron chi connectivity index (χ1n) is 6.62. The molecule has 2 unspecified atom stereocenters. The monoisotopic (exact) mass is 267 g/mol. The molecule has 0 aromatic carbocycles. The quantitative estimate of drug-likeness (QED) is 0.733. The van der Waals surface area contributed by atoms with Gasteiger partial charge in [0.1, 0.15) is 17.3 Å². The van der Waals surface area contributed by atoms with Gasteiger partial charge in [-0.2, -0.15) is 0 Å². The average molecular weight is 268 g/mol. The Morgan fingerprint density at radius 2 is 2.17 bits per heavy atom. The summed E-state index contributed by atoms with van der Waals surface area (Å²) in [6.45, 7) is 3.67. The molecule has 2 fully saturated rings. The summed E-state index contributed by atoms with van der Waals surface area (Å²) in [5.74, 6) is 0.982. The summed E-state index contributed by atoms with van der Waals surface area (Å²) in [5, 5.41) is 0.554. The Balaban J connectivity index is 1.92. The highest BCUT2D eigenvalue weighted by Crippen LogP contribution is 2.33. The molecule has 1 aromatic rings. The molecule has 1 aromatic heterocycles. The summed E-state index contributed by atoms with van der Waals surface area (Å²) in [5.41, 5.74) is 0.977. The second kappa shape index (κ2) is 5.02. The Kier molecular flexibility index (Phi) is 3.39. The Morgan fingerprint density at radius 1 is 1.33 bits per heavy atom. The molecule has 3 rings (SSSR count). The Labute approximate surface area is 112 Å². The van der Waals surface area contributed by atoms with E-state index in [1.54, 1.807) is 6.33 Å². The number of morpholine rings is 1. The molecule has 18 heavy (non-hydrogen) atoms. The summed E-state index contributed by atoms with van der Waals surface area (Å²) < 4.78 is 5.89. The Bertz CT molecular complexity index is 438. The lowest BCUT2D eigenvalue weighted by Crippen LogP contribution is -2.53. The van der Waals surface area contributed by atoms with Gasteiger partial charge in [-0.25, -0.2) is 9.97 Å². The smallest absolute Gasteiger partial charge is 0.137 e. The van der Waals surface area contributed by atoms with Crippen molar-refractivity contribution in [2.75, 3.05) is 18.1 Å². The molecule has 98 valence electrons. The van der Waals surface area contributed by atoms with E-state index in [1.807, 2.05) is 6.92 Å². The lowest BCUT2D eigenvalue weighted by molar-refractivity contribution is -0.00904. The molecule has 1 aliphatic heterocycles. The molecule has 2 heterocycles. The third-order valence-electron chi connectivity index (χ3n) is 4.00. The normalized spacial score (nSPS) is 28.0. The predicted octanol–water partition coefficient (Wildman–Crippen LogP) is 2.59. The SMILES string of the molecule is Cc1c(Cl)ncnc1N1CCOC2CCCCC21. The first kappa shape index (κ1) is 12.2. The van der Waals surface area contributed by atoms with Crippen molar-refractivity contribution < 1.29 is 4.74 Å². The van der Waals surface area contributed by atoms with Crippen LogP contribution in [0, 0.1) is 6.92 Å². The van der Waals surface area contributed by atoms with Gasteiger partial charge in [-0.15, -0.1) is 0 Å². The first-order chi connectivity index (χ1) is 8.77. The molecular formula is C13H18ClN3O.